The highest BCUT2D eigenvalue weighted by atomic mass is 16.2. The van der Waals surface area contributed by atoms with E-state index in [1.54, 1.807) is 21.5 Å². The lowest BCUT2D eigenvalue weighted by Crippen LogP contribution is -2.23. The van der Waals surface area contributed by atoms with Crippen molar-refractivity contribution in [3.05, 3.63) is 46.3 Å². The molecule has 0 aliphatic heterocycles. The molecule has 3 heterocycles. The van der Waals surface area contributed by atoms with Crippen LogP contribution in [0.25, 0.3) is 17.0 Å². The first-order valence-corrected chi connectivity index (χ1v) is 8.71. The zero-order valence-corrected chi connectivity index (χ0v) is 13.9. The molecule has 0 bridgehead atoms. The first-order chi connectivity index (χ1) is 11.8. The predicted molar refractivity (Wildman–Crippen MR) is 92.0 cm³/mol. The molecule has 4 rings (SSSR count). The van der Waals surface area contributed by atoms with Crippen molar-refractivity contribution < 1.29 is 0 Å². The van der Waals surface area contributed by atoms with Gasteiger partial charge >= 0.3 is 5.69 Å². The van der Waals surface area contributed by atoms with Crippen LogP contribution < -0.4 is 5.69 Å². The molecule has 0 radical (unpaired) electrons. The van der Waals surface area contributed by atoms with Crippen LogP contribution in [0.3, 0.4) is 0 Å². The van der Waals surface area contributed by atoms with Crippen LogP contribution in [0.5, 0.6) is 0 Å². The van der Waals surface area contributed by atoms with E-state index < -0.39 is 0 Å². The van der Waals surface area contributed by atoms with E-state index in [4.69, 9.17) is 4.98 Å². The molecule has 1 aliphatic rings. The highest BCUT2D eigenvalue weighted by Gasteiger charge is 2.22. The first-order valence-electron chi connectivity index (χ1n) is 8.71. The number of aromatic nitrogens is 5. The van der Waals surface area contributed by atoms with Crippen molar-refractivity contribution in [2.24, 2.45) is 0 Å². The lowest BCUT2D eigenvalue weighted by molar-refractivity contribution is 0.554. The van der Waals surface area contributed by atoms with Crippen LogP contribution in [0.2, 0.25) is 0 Å². The molecular weight excluding hydrogens is 302 g/mol. The minimum absolute atomic E-state index is 0.0915. The summed E-state index contributed by atoms with van der Waals surface area (Å²) >= 11 is 0. The third-order valence-electron chi connectivity index (χ3n) is 4.66. The van der Waals surface area contributed by atoms with E-state index in [1.165, 1.54) is 0 Å². The van der Waals surface area contributed by atoms with Gasteiger partial charge in [-0.3, -0.25) is 4.98 Å². The fraction of sp³-hybridized carbons (Fsp3) is 0.444. The van der Waals surface area contributed by atoms with Gasteiger partial charge in [-0.05, 0) is 44.2 Å². The van der Waals surface area contributed by atoms with E-state index in [0.29, 0.717) is 12.4 Å². The van der Waals surface area contributed by atoms with Crippen molar-refractivity contribution in [2.75, 3.05) is 0 Å². The van der Waals surface area contributed by atoms with E-state index in [1.807, 2.05) is 12.1 Å². The highest BCUT2D eigenvalue weighted by molar-refractivity contribution is 5.62. The summed E-state index contributed by atoms with van der Waals surface area (Å²) in [4.78, 5) is 21.8. The van der Waals surface area contributed by atoms with E-state index >= 15 is 0 Å². The maximum atomic E-state index is 12.9. The molecule has 0 fully saturated rings. The Morgan fingerprint density at radius 2 is 1.96 bits per heavy atom. The summed E-state index contributed by atoms with van der Waals surface area (Å²) < 4.78 is 3.29. The molecule has 3 aromatic heterocycles. The molecule has 124 valence electrons. The van der Waals surface area contributed by atoms with Gasteiger partial charge in [0.1, 0.15) is 5.82 Å². The molecule has 24 heavy (non-hydrogen) atoms. The Balaban J connectivity index is 2.01. The summed E-state index contributed by atoms with van der Waals surface area (Å²) in [5, 5.41) is 4.66. The summed E-state index contributed by atoms with van der Waals surface area (Å²) in [5.74, 6) is 0.681. The van der Waals surface area contributed by atoms with Gasteiger partial charge in [0.25, 0.3) is 0 Å². The Kier molecular flexibility index (Phi) is 3.88. The lowest BCUT2D eigenvalue weighted by atomic mass is 9.96. The average molecular weight is 323 g/mol. The topological polar surface area (TPSA) is 65.1 Å². The molecule has 3 aromatic rings. The normalized spacial score (nSPS) is 14.0. The quantitative estimate of drug-likeness (QED) is 0.740. The zero-order valence-electron chi connectivity index (χ0n) is 13.9. The minimum atomic E-state index is -0.0915. The Morgan fingerprint density at radius 1 is 1.17 bits per heavy atom. The minimum Gasteiger partial charge on any atom is -0.265 e. The van der Waals surface area contributed by atoms with Crippen molar-refractivity contribution >= 4 is 5.65 Å². The predicted octanol–water partition coefficient (Wildman–Crippen LogP) is 2.63. The van der Waals surface area contributed by atoms with Crippen molar-refractivity contribution in [1.82, 2.24) is 24.1 Å². The van der Waals surface area contributed by atoms with Crippen molar-refractivity contribution in [3.8, 4) is 11.4 Å². The van der Waals surface area contributed by atoms with Crippen LogP contribution >= 0.6 is 0 Å². The molecule has 0 atom stereocenters. The Labute approximate surface area is 140 Å². The van der Waals surface area contributed by atoms with Gasteiger partial charge < -0.3 is 0 Å². The van der Waals surface area contributed by atoms with Gasteiger partial charge in [0.15, 0.2) is 5.65 Å². The van der Waals surface area contributed by atoms with E-state index in [9.17, 15) is 4.79 Å². The third-order valence-corrected chi connectivity index (χ3v) is 4.66. The molecule has 0 N–H and O–H groups in total. The number of aryl methyl sites for hydroxylation is 3. The zero-order chi connectivity index (χ0) is 16.5. The molecule has 0 saturated heterocycles. The van der Waals surface area contributed by atoms with E-state index in [2.05, 4.69) is 17.0 Å². The maximum absolute atomic E-state index is 12.9. The molecule has 0 amide bonds. The van der Waals surface area contributed by atoms with Crippen molar-refractivity contribution in [1.29, 1.82) is 0 Å². The number of unbranched alkanes of at least 4 members (excludes halogenated alkanes) is 1. The molecular formula is C18H21N5O. The fourth-order valence-electron chi connectivity index (χ4n) is 3.37. The van der Waals surface area contributed by atoms with Crippen LogP contribution in [0.4, 0.5) is 0 Å². The summed E-state index contributed by atoms with van der Waals surface area (Å²) in [7, 11) is 0. The summed E-state index contributed by atoms with van der Waals surface area (Å²) in [5.41, 5.74) is 3.83. The van der Waals surface area contributed by atoms with Crippen LogP contribution in [0, 0.1) is 0 Å². The number of nitrogens with zero attached hydrogens (tertiary/aromatic N) is 5. The summed E-state index contributed by atoms with van der Waals surface area (Å²) in [6.07, 6.45) is 9.63. The Hall–Kier alpha value is -2.50. The molecule has 6 nitrogen and oxygen atoms in total. The smallest absolute Gasteiger partial charge is 0.265 e. The van der Waals surface area contributed by atoms with Gasteiger partial charge in [0.05, 0.1) is 0 Å². The Bertz CT molecular complexity index is 926. The number of fused-ring (bicyclic) bond motifs is 3. The second-order valence-corrected chi connectivity index (χ2v) is 6.32. The standard InChI is InChI=1S/C18H21N5O/c1-2-3-12-22-18(24)23-16(13-8-10-19-11-9-13)20-15-7-5-4-6-14(15)17(23)21-22/h8-11H,2-7,12H2,1H3. The largest absolute Gasteiger partial charge is 0.352 e. The monoisotopic (exact) mass is 323 g/mol. The number of hydrogen-bond acceptors (Lipinski definition) is 4. The van der Waals surface area contributed by atoms with Crippen LogP contribution in [0.1, 0.15) is 43.9 Å². The SMILES string of the molecule is CCCCn1nc2c3c(nc(-c4ccncc4)n2c1=O)CCCC3. The number of rotatable bonds is 4. The number of pyridine rings is 1. The highest BCUT2D eigenvalue weighted by Crippen LogP contribution is 2.26. The first kappa shape index (κ1) is 15.1. The molecule has 0 saturated carbocycles. The Morgan fingerprint density at radius 3 is 2.75 bits per heavy atom. The summed E-state index contributed by atoms with van der Waals surface area (Å²) in [6.45, 7) is 2.77. The van der Waals surface area contributed by atoms with Gasteiger partial charge in [-0.25, -0.2) is 18.9 Å². The van der Waals surface area contributed by atoms with E-state index in [-0.39, 0.29) is 5.69 Å². The van der Waals surface area contributed by atoms with Gasteiger partial charge in [-0.15, -0.1) is 5.10 Å². The van der Waals surface area contributed by atoms with E-state index in [0.717, 1.165) is 61.0 Å². The maximum Gasteiger partial charge on any atom is 0.352 e. The van der Waals surface area contributed by atoms with Gasteiger partial charge in [-0.2, -0.15) is 0 Å². The lowest BCUT2D eigenvalue weighted by Gasteiger charge is -2.16. The molecule has 0 unspecified atom stereocenters. The third kappa shape index (κ3) is 2.42. The van der Waals surface area contributed by atoms with Crippen molar-refractivity contribution in [3.63, 3.8) is 0 Å². The van der Waals surface area contributed by atoms with Crippen LogP contribution in [-0.4, -0.2) is 24.1 Å². The molecule has 0 spiro atoms. The van der Waals surface area contributed by atoms with Crippen LogP contribution in [0.15, 0.2) is 29.3 Å². The molecule has 0 aromatic carbocycles. The average Bonchev–Trinajstić information content (AvgIpc) is 2.97. The van der Waals surface area contributed by atoms with Gasteiger partial charge in [0.2, 0.25) is 0 Å². The van der Waals surface area contributed by atoms with Gasteiger partial charge in [0, 0.05) is 35.8 Å². The van der Waals surface area contributed by atoms with Crippen LogP contribution in [-0.2, 0) is 19.4 Å². The summed E-state index contributed by atoms with van der Waals surface area (Å²) in [6, 6.07) is 3.79. The second-order valence-electron chi connectivity index (χ2n) is 6.32. The van der Waals surface area contributed by atoms with Crippen molar-refractivity contribution in [2.45, 2.75) is 52.0 Å². The number of hydrogen-bond donors (Lipinski definition) is 0. The molecule has 6 heteroatoms. The van der Waals surface area contributed by atoms with Gasteiger partial charge in [-0.1, -0.05) is 13.3 Å². The second kappa shape index (κ2) is 6.19. The molecule has 1 aliphatic carbocycles. The fourth-order valence-corrected chi connectivity index (χ4v) is 3.37.